The Morgan fingerprint density at radius 2 is 1.04 bits per heavy atom. The van der Waals surface area contributed by atoms with Gasteiger partial charge in [0.2, 0.25) is 5.91 Å². The maximum absolute atomic E-state index is 13.0. The number of allylic oxidation sites excluding steroid dienone is 11. The Morgan fingerprint density at radius 3 is 1.62 bits per heavy atom. The summed E-state index contributed by atoms with van der Waals surface area (Å²) in [5.41, 5.74) is 0. The number of carbonyl (C=O) groups excluding carboxylic acids is 2. The summed E-state index contributed by atoms with van der Waals surface area (Å²) in [6, 6.07) is -0.852. The molecule has 11 heteroatoms. The van der Waals surface area contributed by atoms with E-state index in [9.17, 15) is 35.1 Å². The van der Waals surface area contributed by atoms with Crippen LogP contribution in [0.5, 0.6) is 0 Å². The molecule has 0 aromatic carbocycles. The third-order valence-corrected chi connectivity index (χ3v) is 12.3. The summed E-state index contributed by atoms with van der Waals surface area (Å²) in [5.74, 6) is -0.276. The van der Waals surface area contributed by atoms with Gasteiger partial charge in [-0.1, -0.05) is 164 Å². The van der Waals surface area contributed by atoms with Crippen LogP contribution in [0.15, 0.2) is 72.9 Å². The Hall–Kier alpha value is -2.90. The molecule has 1 amide bonds. The molecule has 0 aromatic heterocycles. The Bertz CT molecular complexity index is 1360. The van der Waals surface area contributed by atoms with Crippen molar-refractivity contribution >= 4 is 11.9 Å². The number of hydrogen-bond acceptors (Lipinski definition) is 10. The lowest BCUT2D eigenvalue weighted by Gasteiger charge is -2.40. The Balaban J connectivity index is 2.15. The second-order valence-corrected chi connectivity index (χ2v) is 18.5. The van der Waals surface area contributed by atoms with Gasteiger partial charge in [0.25, 0.3) is 0 Å². The van der Waals surface area contributed by atoms with Crippen molar-refractivity contribution in [2.24, 2.45) is 0 Å². The summed E-state index contributed by atoms with van der Waals surface area (Å²) in [5, 5.41) is 54.1. The molecule has 0 bridgehead atoms. The predicted molar refractivity (Wildman–Crippen MR) is 278 cm³/mol. The summed E-state index contributed by atoms with van der Waals surface area (Å²) in [4.78, 5) is 25.0. The molecule has 0 aromatic rings. The SMILES string of the molecule is CC/C=C/CC/C=C/CC/C=C/C(O)C(COC1OC(CO)C(O)C(O)C1O)NC(=O)CCCCCCCC/C=C\C=C/CCCCCOC(=O)CCCCCCC/C=C\CCCCCCCC. The van der Waals surface area contributed by atoms with Gasteiger partial charge < -0.3 is 45.1 Å². The van der Waals surface area contributed by atoms with Gasteiger partial charge in [0.1, 0.15) is 24.4 Å². The molecule has 392 valence electrons. The van der Waals surface area contributed by atoms with E-state index < -0.39 is 49.5 Å². The number of ether oxygens (including phenoxy) is 3. The number of amides is 1. The minimum atomic E-state index is -1.59. The van der Waals surface area contributed by atoms with Crippen LogP contribution in [0.4, 0.5) is 0 Å². The highest BCUT2D eigenvalue weighted by Gasteiger charge is 2.44. The average molecular weight is 958 g/mol. The van der Waals surface area contributed by atoms with E-state index in [1.54, 1.807) is 6.08 Å². The van der Waals surface area contributed by atoms with Crippen molar-refractivity contribution in [3.8, 4) is 0 Å². The molecule has 0 spiro atoms. The van der Waals surface area contributed by atoms with E-state index in [0.29, 0.717) is 32.3 Å². The second kappa shape index (κ2) is 46.5. The number of hydrogen-bond donors (Lipinski definition) is 6. The van der Waals surface area contributed by atoms with Crippen molar-refractivity contribution in [2.75, 3.05) is 19.8 Å². The van der Waals surface area contributed by atoms with Gasteiger partial charge in [-0.05, 0) is 109 Å². The highest BCUT2D eigenvalue weighted by atomic mass is 16.7. The van der Waals surface area contributed by atoms with Crippen LogP contribution in [-0.2, 0) is 23.8 Å². The zero-order valence-corrected chi connectivity index (χ0v) is 42.8. The van der Waals surface area contributed by atoms with Crippen LogP contribution in [0, 0.1) is 0 Å². The summed E-state index contributed by atoms with van der Waals surface area (Å²) in [6.45, 7) is 4.09. The molecule has 1 rings (SSSR count). The lowest BCUT2D eigenvalue weighted by molar-refractivity contribution is -0.302. The van der Waals surface area contributed by atoms with Gasteiger partial charge in [-0.3, -0.25) is 9.59 Å². The molecule has 0 aliphatic carbocycles. The third-order valence-electron chi connectivity index (χ3n) is 12.3. The van der Waals surface area contributed by atoms with Crippen LogP contribution in [0.3, 0.4) is 0 Å². The number of nitrogens with one attached hydrogen (secondary N) is 1. The normalized spacial score (nSPS) is 20.0. The molecule has 11 nitrogen and oxygen atoms in total. The molecule has 1 heterocycles. The fraction of sp³-hybridized carbons (Fsp3) is 0.754. The number of unbranched alkanes of at least 4 members (excludes halogenated alkanes) is 22. The first kappa shape index (κ1) is 63.1. The lowest BCUT2D eigenvalue weighted by atomic mass is 9.99. The van der Waals surface area contributed by atoms with E-state index in [4.69, 9.17) is 14.2 Å². The van der Waals surface area contributed by atoms with Gasteiger partial charge in [0.15, 0.2) is 6.29 Å². The summed E-state index contributed by atoms with van der Waals surface area (Å²) < 4.78 is 16.6. The first-order chi connectivity index (χ1) is 33.2. The Labute approximate surface area is 413 Å². The quantitative estimate of drug-likeness (QED) is 0.0149. The molecule has 7 unspecified atom stereocenters. The minimum Gasteiger partial charge on any atom is -0.466 e. The van der Waals surface area contributed by atoms with Crippen LogP contribution >= 0.6 is 0 Å². The zero-order valence-electron chi connectivity index (χ0n) is 42.8. The van der Waals surface area contributed by atoms with Crippen molar-refractivity contribution in [3.63, 3.8) is 0 Å². The van der Waals surface area contributed by atoms with Gasteiger partial charge in [-0.15, -0.1) is 0 Å². The smallest absolute Gasteiger partial charge is 0.305 e. The van der Waals surface area contributed by atoms with Gasteiger partial charge in [-0.25, -0.2) is 0 Å². The molecule has 1 aliphatic heterocycles. The van der Waals surface area contributed by atoms with E-state index in [-0.39, 0.29) is 18.5 Å². The first-order valence-electron chi connectivity index (χ1n) is 27.2. The van der Waals surface area contributed by atoms with Crippen LogP contribution < -0.4 is 5.32 Å². The van der Waals surface area contributed by atoms with Crippen molar-refractivity contribution in [1.29, 1.82) is 0 Å². The van der Waals surface area contributed by atoms with Crippen LogP contribution in [0.25, 0.3) is 0 Å². The van der Waals surface area contributed by atoms with Crippen LogP contribution in [-0.4, -0.2) is 100 Å². The van der Waals surface area contributed by atoms with E-state index >= 15 is 0 Å². The second-order valence-electron chi connectivity index (χ2n) is 18.5. The monoisotopic (exact) mass is 958 g/mol. The molecule has 0 saturated carbocycles. The predicted octanol–water partition coefficient (Wildman–Crippen LogP) is 11.7. The molecular weight excluding hydrogens is 859 g/mol. The summed E-state index contributed by atoms with van der Waals surface area (Å²) in [7, 11) is 0. The van der Waals surface area contributed by atoms with Crippen molar-refractivity contribution in [3.05, 3.63) is 72.9 Å². The molecule has 68 heavy (non-hydrogen) atoms. The number of aliphatic hydroxyl groups is 5. The Morgan fingerprint density at radius 1 is 0.559 bits per heavy atom. The maximum atomic E-state index is 13.0. The van der Waals surface area contributed by atoms with Gasteiger partial charge in [0, 0.05) is 12.8 Å². The Kier molecular flexibility index (Phi) is 43.1. The summed E-state index contributed by atoms with van der Waals surface area (Å²) >= 11 is 0. The van der Waals surface area contributed by atoms with Crippen LogP contribution in [0.1, 0.15) is 213 Å². The molecule has 1 aliphatic rings. The third kappa shape index (κ3) is 36.1. The summed E-state index contributed by atoms with van der Waals surface area (Å²) in [6.07, 6.45) is 50.0. The van der Waals surface area contributed by atoms with E-state index in [2.05, 4.69) is 79.9 Å². The highest BCUT2D eigenvalue weighted by Crippen LogP contribution is 2.22. The first-order valence-corrected chi connectivity index (χ1v) is 27.2. The van der Waals surface area contributed by atoms with Gasteiger partial charge in [0.05, 0.1) is 32.0 Å². The number of esters is 1. The highest BCUT2D eigenvalue weighted by molar-refractivity contribution is 5.76. The molecule has 0 radical (unpaired) electrons. The maximum Gasteiger partial charge on any atom is 0.305 e. The largest absolute Gasteiger partial charge is 0.466 e. The van der Waals surface area contributed by atoms with Crippen LogP contribution in [0.2, 0.25) is 0 Å². The van der Waals surface area contributed by atoms with Crippen molar-refractivity contribution < 1.29 is 49.3 Å². The molecule has 7 atom stereocenters. The van der Waals surface area contributed by atoms with Gasteiger partial charge >= 0.3 is 5.97 Å². The van der Waals surface area contributed by atoms with Crippen molar-refractivity contribution in [2.45, 2.75) is 256 Å². The van der Waals surface area contributed by atoms with E-state index in [1.807, 2.05) is 6.08 Å². The molecule has 6 N–H and O–H groups in total. The van der Waals surface area contributed by atoms with Gasteiger partial charge in [-0.2, -0.15) is 0 Å². The molecular formula is C57H99NO10. The lowest BCUT2D eigenvalue weighted by Crippen LogP contribution is -2.60. The minimum absolute atomic E-state index is 0.0519. The average Bonchev–Trinajstić information content (AvgIpc) is 3.33. The standard InChI is InChI=1S/C57H99NO10/c1-3-5-7-9-11-13-15-16-18-22-25-29-33-37-41-45-53(62)66-46-42-38-34-30-26-23-20-17-19-21-24-28-32-36-40-44-52(61)58-49(48-67-57-56(65)55(64)54(63)51(47-59)68-57)50(60)43-39-35-31-27-14-12-10-8-6-4-2/h6,8,14,16-18,20,23,26-27,39,43,49-51,54-57,59-60,63-65H,3-5,7,9-13,15,19,21-22,24-25,28-38,40-42,44-48H2,1-2H3,(H,58,61)/b8-6+,18-16-,20-17-,26-23-,27-14+,43-39+. The fourth-order valence-corrected chi connectivity index (χ4v) is 7.93. The number of aliphatic hydroxyl groups excluding tert-OH is 5. The topological polar surface area (TPSA) is 175 Å². The number of rotatable bonds is 45. The zero-order chi connectivity index (χ0) is 49.6. The number of carbonyl (C=O) groups is 2. The van der Waals surface area contributed by atoms with E-state index in [0.717, 1.165) is 103 Å². The molecule has 1 saturated heterocycles. The fourth-order valence-electron chi connectivity index (χ4n) is 7.93. The molecule has 1 fully saturated rings. The van der Waals surface area contributed by atoms with E-state index in [1.165, 1.54) is 70.6 Å². The van der Waals surface area contributed by atoms with Crippen molar-refractivity contribution in [1.82, 2.24) is 5.32 Å².